The number of hydrogen-bond donors (Lipinski definition) is 2. The number of ether oxygens (including phenoxy) is 1. The standard InChI is InChI=1S/C13H19NO3/c1-10(2-7-13(15)16)17-12-5-3-11(4-6-12)8-9-14/h3-6,10H,2,7-9,14H2,1H3,(H,15,16). The Kier molecular flexibility index (Phi) is 5.49. The summed E-state index contributed by atoms with van der Waals surface area (Å²) in [5, 5.41) is 8.56. The molecule has 4 heteroatoms. The van der Waals surface area contributed by atoms with Crippen molar-refractivity contribution in [2.75, 3.05) is 6.54 Å². The Bertz CT molecular complexity index is 348. The molecule has 0 aliphatic rings. The van der Waals surface area contributed by atoms with Crippen LogP contribution >= 0.6 is 0 Å². The van der Waals surface area contributed by atoms with Crippen LogP contribution in [0.3, 0.4) is 0 Å². The van der Waals surface area contributed by atoms with Crippen LogP contribution in [0.5, 0.6) is 5.75 Å². The SMILES string of the molecule is CC(CCC(=O)O)Oc1ccc(CCN)cc1. The molecule has 1 aromatic rings. The van der Waals surface area contributed by atoms with Crippen LogP contribution in [0.4, 0.5) is 0 Å². The molecule has 0 spiro atoms. The molecule has 94 valence electrons. The van der Waals surface area contributed by atoms with Gasteiger partial charge in [0.05, 0.1) is 6.10 Å². The van der Waals surface area contributed by atoms with Gasteiger partial charge in [-0.05, 0) is 44.0 Å². The number of nitrogens with two attached hydrogens (primary N) is 1. The molecule has 1 unspecified atom stereocenters. The molecule has 3 N–H and O–H groups in total. The molecule has 0 aliphatic carbocycles. The first kappa shape index (κ1) is 13.5. The average Bonchev–Trinajstić information content (AvgIpc) is 2.29. The van der Waals surface area contributed by atoms with Crippen molar-refractivity contribution in [1.29, 1.82) is 0 Å². The lowest BCUT2D eigenvalue weighted by Crippen LogP contribution is -2.13. The highest BCUT2D eigenvalue weighted by molar-refractivity contribution is 5.66. The fourth-order valence-electron chi connectivity index (χ4n) is 1.52. The molecular formula is C13H19NO3. The summed E-state index contributed by atoms with van der Waals surface area (Å²) in [5.74, 6) is -0.0256. The van der Waals surface area contributed by atoms with Crippen LogP contribution in [0.2, 0.25) is 0 Å². The molecule has 0 aliphatic heterocycles. The van der Waals surface area contributed by atoms with E-state index in [1.807, 2.05) is 31.2 Å². The van der Waals surface area contributed by atoms with Crippen LogP contribution in [-0.4, -0.2) is 23.7 Å². The molecule has 0 bridgehead atoms. The van der Waals surface area contributed by atoms with E-state index >= 15 is 0 Å². The Labute approximate surface area is 101 Å². The molecular weight excluding hydrogens is 218 g/mol. The van der Waals surface area contributed by atoms with Gasteiger partial charge in [-0.25, -0.2) is 0 Å². The maximum atomic E-state index is 10.4. The first-order chi connectivity index (χ1) is 8.11. The van der Waals surface area contributed by atoms with Crippen LogP contribution in [0.1, 0.15) is 25.3 Å². The maximum absolute atomic E-state index is 10.4. The van der Waals surface area contributed by atoms with E-state index in [0.717, 1.165) is 12.2 Å². The molecule has 0 fully saturated rings. The molecule has 4 nitrogen and oxygen atoms in total. The van der Waals surface area contributed by atoms with Crippen molar-refractivity contribution in [3.05, 3.63) is 29.8 Å². The topological polar surface area (TPSA) is 72.5 Å². The molecule has 0 radical (unpaired) electrons. The summed E-state index contributed by atoms with van der Waals surface area (Å²) in [6, 6.07) is 7.74. The largest absolute Gasteiger partial charge is 0.491 e. The zero-order valence-electron chi connectivity index (χ0n) is 10.1. The first-order valence-corrected chi connectivity index (χ1v) is 5.79. The fourth-order valence-corrected chi connectivity index (χ4v) is 1.52. The van der Waals surface area contributed by atoms with Crippen LogP contribution in [0, 0.1) is 0 Å². The van der Waals surface area contributed by atoms with E-state index in [1.54, 1.807) is 0 Å². The summed E-state index contributed by atoms with van der Waals surface area (Å²) in [6.45, 7) is 2.51. The van der Waals surface area contributed by atoms with Gasteiger partial charge in [0.15, 0.2) is 0 Å². The first-order valence-electron chi connectivity index (χ1n) is 5.79. The molecule has 0 aromatic heterocycles. The second kappa shape index (κ2) is 6.91. The number of rotatable bonds is 7. The van der Waals surface area contributed by atoms with E-state index in [9.17, 15) is 4.79 Å². The summed E-state index contributed by atoms with van der Waals surface area (Å²) in [5.41, 5.74) is 6.64. The summed E-state index contributed by atoms with van der Waals surface area (Å²) < 4.78 is 5.60. The molecule has 1 rings (SSSR count). The molecule has 1 aromatic carbocycles. The summed E-state index contributed by atoms with van der Waals surface area (Å²) in [4.78, 5) is 10.4. The highest BCUT2D eigenvalue weighted by Crippen LogP contribution is 2.15. The van der Waals surface area contributed by atoms with Gasteiger partial charge in [0.25, 0.3) is 0 Å². The monoisotopic (exact) mass is 237 g/mol. The van der Waals surface area contributed by atoms with Crippen molar-refractivity contribution in [2.24, 2.45) is 5.73 Å². The van der Waals surface area contributed by atoms with Crippen molar-refractivity contribution in [2.45, 2.75) is 32.3 Å². The average molecular weight is 237 g/mol. The van der Waals surface area contributed by atoms with Crippen molar-refractivity contribution in [3.8, 4) is 5.75 Å². The molecule has 0 saturated heterocycles. The lowest BCUT2D eigenvalue weighted by Gasteiger charge is -2.13. The van der Waals surface area contributed by atoms with Gasteiger partial charge in [-0.3, -0.25) is 4.79 Å². The third-order valence-electron chi connectivity index (χ3n) is 2.46. The van der Waals surface area contributed by atoms with Crippen LogP contribution < -0.4 is 10.5 Å². The Morgan fingerprint density at radius 1 is 1.41 bits per heavy atom. The van der Waals surface area contributed by atoms with Gasteiger partial charge < -0.3 is 15.6 Å². The second-order valence-corrected chi connectivity index (χ2v) is 4.04. The van der Waals surface area contributed by atoms with E-state index < -0.39 is 5.97 Å². The normalized spacial score (nSPS) is 12.1. The van der Waals surface area contributed by atoms with Crippen molar-refractivity contribution in [1.82, 2.24) is 0 Å². The molecule has 0 heterocycles. The quantitative estimate of drug-likeness (QED) is 0.758. The van der Waals surface area contributed by atoms with E-state index in [-0.39, 0.29) is 12.5 Å². The Balaban J connectivity index is 2.42. The van der Waals surface area contributed by atoms with Gasteiger partial charge in [0.1, 0.15) is 5.75 Å². The number of aliphatic carboxylic acids is 1. The second-order valence-electron chi connectivity index (χ2n) is 4.04. The minimum Gasteiger partial charge on any atom is -0.491 e. The summed E-state index contributed by atoms with van der Waals surface area (Å²) in [6.07, 6.45) is 1.41. The van der Waals surface area contributed by atoms with Gasteiger partial charge in [-0.15, -0.1) is 0 Å². The third kappa shape index (κ3) is 5.36. The summed E-state index contributed by atoms with van der Waals surface area (Å²) >= 11 is 0. The highest BCUT2D eigenvalue weighted by Gasteiger charge is 2.06. The predicted octanol–water partition coefficient (Wildman–Crippen LogP) is 1.82. The number of carboxylic acids is 1. The van der Waals surface area contributed by atoms with Gasteiger partial charge in [0, 0.05) is 6.42 Å². The third-order valence-corrected chi connectivity index (χ3v) is 2.46. The van der Waals surface area contributed by atoms with Gasteiger partial charge in [-0.1, -0.05) is 12.1 Å². The van der Waals surface area contributed by atoms with Crippen molar-refractivity contribution < 1.29 is 14.6 Å². The summed E-state index contributed by atoms with van der Waals surface area (Å²) in [7, 11) is 0. The van der Waals surface area contributed by atoms with Crippen LogP contribution in [-0.2, 0) is 11.2 Å². The predicted molar refractivity (Wildman–Crippen MR) is 66.2 cm³/mol. The number of benzene rings is 1. The van der Waals surface area contributed by atoms with E-state index in [0.29, 0.717) is 13.0 Å². The Hall–Kier alpha value is -1.55. The fraction of sp³-hybridized carbons (Fsp3) is 0.462. The zero-order chi connectivity index (χ0) is 12.7. The Morgan fingerprint density at radius 3 is 2.59 bits per heavy atom. The van der Waals surface area contributed by atoms with E-state index in [2.05, 4.69) is 0 Å². The maximum Gasteiger partial charge on any atom is 0.303 e. The van der Waals surface area contributed by atoms with E-state index in [4.69, 9.17) is 15.6 Å². The van der Waals surface area contributed by atoms with Crippen LogP contribution in [0.25, 0.3) is 0 Å². The Morgan fingerprint density at radius 2 is 2.06 bits per heavy atom. The number of hydrogen-bond acceptors (Lipinski definition) is 3. The minimum atomic E-state index is -0.793. The molecule has 0 amide bonds. The van der Waals surface area contributed by atoms with Crippen LogP contribution in [0.15, 0.2) is 24.3 Å². The highest BCUT2D eigenvalue weighted by atomic mass is 16.5. The van der Waals surface area contributed by atoms with Gasteiger partial charge in [-0.2, -0.15) is 0 Å². The smallest absolute Gasteiger partial charge is 0.303 e. The molecule has 17 heavy (non-hydrogen) atoms. The van der Waals surface area contributed by atoms with Crippen molar-refractivity contribution in [3.63, 3.8) is 0 Å². The molecule has 1 atom stereocenters. The minimum absolute atomic E-state index is 0.0912. The van der Waals surface area contributed by atoms with Gasteiger partial charge in [0.2, 0.25) is 0 Å². The zero-order valence-corrected chi connectivity index (χ0v) is 10.1. The van der Waals surface area contributed by atoms with E-state index in [1.165, 1.54) is 5.56 Å². The van der Waals surface area contributed by atoms with Gasteiger partial charge >= 0.3 is 5.97 Å². The lowest BCUT2D eigenvalue weighted by molar-refractivity contribution is -0.137. The van der Waals surface area contributed by atoms with Crippen molar-refractivity contribution >= 4 is 5.97 Å². The number of carboxylic acid groups (broad SMARTS) is 1. The molecule has 0 saturated carbocycles. The lowest BCUT2D eigenvalue weighted by atomic mass is 10.1. The number of carbonyl (C=O) groups is 1.